The first-order valence-electron chi connectivity index (χ1n) is 6.00. The summed E-state index contributed by atoms with van der Waals surface area (Å²) >= 11 is 0. The average Bonchev–Trinajstić information content (AvgIpc) is 2.59. The van der Waals surface area contributed by atoms with Crippen LogP contribution in [0.3, 0.4) is 0 Å². The third-order valence-electron chi connectivity index (χ3n) is 2.87. The summed E-state index contributed by atoms with van der Waals surface area (Å²) in [5, 5.41) is 7.54. The van der Waals surface area contributed by atoms with E-state index in [1.807, 2.05) is 31.6 Å². The molecule has 0 aliphatic rings. The summed E-state index contributed by atoms with van der Waals surface area (Å²) in [6.07, 6.45) is 0.914. The lowest BCUT2D eigenvalue weighted by atomic mass is 10.0. The van der Waals surface area contributed by atoms with Gasteiger partial charge in [-0.1, -0.05) is 20.8 Å². The van der Waals surface area contributed by atoms with Gasteiger partial charge in [0.15, 0.2) is 0 Å². The summed E-state index contributed by atoms with van der Waals surface area (Å²) in [6.45, 7) is 6.63. The lowest BCUT2D eigenvalue weighted by Crippen LogP contribution is -2.44. The molecule has 17 heavy (non-hydrogen) atoms. The maximum Gasteiger partial charge on any atom is 0.234 e. The number of primary amides is 1. The molecule has 1 atom stereocenters. The Morgan fingerprint density at radius 3 is 2.65 bits per heavy atom. The van der Waals surface area contributed by atoms with Gasteiger partial charge in [-0.05, 0) is 18.4 Å². The molecule has 1 heterocycles. The highest BCUT2D eigenvalue weighted by atomic mass is 16.1. The molecule has 0 spiro atoms. The molecule has 0 fully saturated rings. The Morgan fingerprint density at radius 2 is 2.24 bits per heavy atom. The van der Waals surface area contributed by atoms with E-state index in [0.717, 1.165) is 17.8 Å². The van der Waals surface area contributed by atoms with Gasteiger partial charge in [0.05, 0.1) is 17.4 Å². The van der Waals surface area contributed by atoms with E-state index in [-0.39, 0.29) is 17.9 Å². The second-order valence-electron chi connectivity index (χ2n) is 4.61. The lowest BCUT2D eigenvalue weighted by Gasteiger charge is -2.18. The van der Waals surface area contributed by atoms with E-state index in [1.165, 1.54) is 0 Å². The number of amides is 1. The number of nitrogens with one attached hydrogen (secondary N) is 1. The highest BCUT2D eigenvalue weighted by Gasteiger charge is 2.19. The second kappa shape index (κ2) is 5.82. The molecule has 3 N–H and O–H groups in total. The van der Waals surface area contributed by atoms with Crippen LogP contribution in [0.2, 0.25) is 0 Å². The minimum atomic E-state index is -0.308. The number of carbonyl (C=O) groups excluding carboxylic acids is 1. The summed E-state index contributed by atoms with van der Waals surface area (Å²) in [5.74, 6) is -0.121. The Morgan fingerprint density at radius 1 is 1.59 bits per heavy atom. The number of aryl methyl sites for hydroxylation is 2. The number of hydrogen-bond donors (Lipinski definition) is 2. The van der Waals surface area contributed by atoms with Crippen molar-refractivity contribution in [1.82, 2.24) is 15.1 Å². The second-order valence-corrected chi connectivity index (χ2v) is 4.61. The number of hydrogen-bond acceptors (Lipinski definition) is 3. The third kappa shape index (κ3) is 3.56. The summed E-state index contributed by atoms with van der Waals surface area (Å²) in [4.78, 5) is 11.2. The molecule has 1 amide bonds. The quantitative estimate of drug-likeness (QED) is 0.761. The number of nitrogens with zero attached hydrogens (tertiary/aromatic N) is 2. The first-order chi connectivity index (χ1) is 7.95. The van der Waals surface area contributed by atoms with Gasteiger partial charge < -0.3 is 5.73 Å². The van der Waals surface area contributed by atoms with Gasteiger partial charge in [-0.3, -0.25) is 14.8 Å². The average molecular weight is 238 g/mol. The van der Waals surface area contributed by atoms with Gasteiger partial charge in [0.1, 0.15) is 0 Å². The highest BCUT2D eigenvalue weighted by Crippen LogP contribution is 2.06. The predicted octanol–water partition coefficient (Wildman–Crippen LogP) is 0.582. The number of aromatic nitrogens is 2. The van der Waals surface area contributed by atoms with Gasteiger partial charge in [-0.2, -0.15) is 5.10 Å². The van der Waals surface area contributed by atoms with Crippen molar-refractivity contribution in [2.24, 2.45) is 18.7 Å². The topological polar surface area (TPSA) is 72.9 Å². The fourth-order valence-corrected chi connectivity index (χ4v) is 1.79. The first kappa shape index (κ1) is 13.7. The Labute approximate surface area is 102 Å². The Balaban J connectivity index is 2.65. The summed E-state index contributed by atoms with van der Waals surface area (Å²) < 4.78 is 1.84. The molecule has 0 saturated carbocycles. The number of rotatable bonds is 6. The zero-order chi connectivity index (χ0) is 13.0. The van der Waals surface area contributed by atoms with E-state index in [2.05, 4.69) is 17.3 Å². The van der Waals surface area contributed by atoms with Crippen molar-refractivity contribution in [2.45, 2.75) is 39.8 Å². The van der Waals surface area contributed by atoms with Crippen LogP contribution in [-0.2, 0) is 24.8 Å². The maximum atomic E-state index is 11.2. The maximum absolute atomic E-state index is 11.2. The van der Waals surface area contributed by atoms with Crippen LogP contribution in [0.25, 0.3) is 0 Å². The van der Waals surface area contributed by atoms with Crippen molar-refractivity contribution < 1.29 is 4.79 Å². The third-order valence-corrected chi connectivity index (χ3v) is 2.87. The highest BCUT2D eigenvalue weighted by molar-refractivity contribution is 5.80. The lowest BCUT2D eigenvalue weighted by molar-refractivity contribution is -0.121. The molecule has 0 aliphatic carbocycles. The van der Waals surface area contributed by atoms with Crippen LogP contribution in [0.4, 0.5) is 0 Å². The molecule has 1 unspecified atom stereocenters. The molecule has 5 nitrogen and oxygen atoms in total. The van der Waals surface area contributed by atoms with Crippen LogP contribution in [0, 0.1) is 5.92 Å². The molecule has 1 aromatic heterocycles. The summed E-state index contributed by atoms with van der Waals surface area (Å²) in [6, 6.07) is 1.75. The van der Waals surface area contributed by atoms with Crippen LogP contribution in [0.15, 0.2) is 6.07 Å². The molecule has 0 saturated heterocycles. The zero-order valence-electron chi connectivity index (χ0n) is 11.0. The van der Waals surface area contributed by atoms with Crippen molar-refractivity contribution in [3.8, 4) is 0 Å². The van der Waals surface area contributed by atoms with Crippen molar-refractivity contribution in [2.75, 3.05) is 0 Å². The number of nitrogens with two attached hydrogens (primary N) is 1. The largest absolute Gasteiger partial charge is 0.368 e. The molecule has 5 heteroatoms. The first-order valence-corrected chi connectivity index (χ1v) is 6.00. The van der Waals surface area contributed by atoms with Gasteiger partial charge >= 0.3 is 0 Å². The Bertz CT molecular complexity index is 384. The van der Waals surface area contributed by atoms with Crippen LogP contribution >= 0.6 is 0 Å². The van der Waals surface area contributed by atoms with E-state index < -0.39 is 0 Å². The molecule has 0 aliphatic heterocycles. The SMILES string of the molecule is CCc1cc(CNC(C(N)=O)C(C)C)n(C)n1. The van der Waals surface area contributed by atoms with Crippen molar-refractivity contribution in [3.63, 3.8) is 0 Å². The van der Waals surface area contributed by atoms with E-state index >= 15 is 0 Å². The molecule has 96 valence electrons. The van der Waals surface area contributed by atoms with Crippen LogP contribution in [0.1, 0.15) is 32.2 Å². The van der Waals surface area contributed by atoms with E-state index in [0.29, 0.717) is 6.54 Å². The van der Waals surface area contributed by atoms with Gasteiger partial charge in [0.2, 0.25) is 5.91 Å². The number of carbonyl (C=O) groups is 1. The van der Waals surface area contributed by atoms with Crippen molar-refractivity contribution >= 4 is 5.91 Å². The standard InChI is InChI=1S/C12H22N4O/c1-5-9-6-10(16(4)15-9)7-14-11(8(2)3)12(13)17/h6,8,11,14H,5,7H2,1-4H3,(H2,13,17). The Hall–Kier alpha value is -1.36. The minimum Gasteiger partial charge on any atom is -0.368 e. The minimum absolute atomic E-state index is 0.186. The zero-order valence-corrected chi connectivity index (χ0v) is 11.0. The van der Waals surface area contributed by atoms with E-state index in [9.17, 15) is 4.79 Å². The summed E-state index contributed by atoms with van der Waals surface area (Å²) in [7, 11) is 1.91. The Kier molecular flexibility index (Phi) is 4.69. The van der Waals surface area contributed by atoms with Gasteiger partial charge in [0, 0.05) is 13.6 Å². The normalized spacial score (nSPS) is 13.0. The van der Waals surface area contributed by atoms with E-state index in [1.54, 1.807) is 0 Å². The molecule has 0 bridgehead atoms. The molecule has 0 radical (unpaired) electrons. The predicted molar refractivity (Wildman–Crippen MR) is 67.2 cm³/mol. The molecular weight excluding hydrogens is 216 g/mol. The monoisotopic (exact) mass is 238 g/mol. The van der Waals surface area contributed by atoms with E-state index in [4.69, 9.17) is 5.73 Å². The van der Waals surface area contributed by atoms with Crippen LogP contribution < -0.4 is 11.1 Å². The van der Waals surface area contributed by atoms with Crippen molar-refractivity contribution in [3.05, 3.63) is 17.5 Å². The fraction of sp³-hybridized carbons (Fsp3) is 0.667. The molecular formula is C12H22N4O. The molecule has 1 aromatic rings. The van der Waals surface area contributed by atoms with Gasteiger partial charge in [0.25, 0.3) is 0 Å². The van der Waals surface area contributed by atoms with Gasteiger partial charge in [-0.25, -0.2) is 0 Å². The van der Waals surface area contributed by atoms with Crippen LogP contribution in [-0.4, -0.2) is 21.7 Å². The van der Waals surface area contributed by atoms with Crippen molar-refractivity contribution in [1.29, 1.82) is 0 Å². The smallest absolute Gasteiger partial charge is 0.234 e. The van der Waals surface area contributed by atoms with Gasteiger partial charge in [-0.15, -0.1) is 0 Å². The molecule has 1 rings (SSSR count). The fourth-order valence-electron chi connectivity index (χ4n) is 1.79. The molecule has 0 aromatic carbocycles. The summed E-state index contributed by atoms with van der Waals surface area (Å²) in [5.41, 5.74) is 7.47. The van der Waals surface area contributed by atoms with Crippen LogP contribution in [0.5, 0.6) is 0 Å².